The molecule has 0 spiro atoms. The second-order valence-corrected chi connectivity index (χ2v) is 8.68. The third kappa shape index (κ3) is 6.36. The Bertz CT molecular complexity index is 833. The zero-order chi connectivity index (χ0) is 20.6. The minimum Gasteiger partial charge on any atom is -0.351 e. The second kappa shape index (κ2) is 10.5. The first kappa shape index (κ1) is 21.4. The normalized spacial score (nSPS) is 15.1. The lowest BCUT2D eigenvalue weighted by molar-refractivity contribution is -0.113. The van der Waals surface area contributed by atoms with Crippen LogP contribution < -0.4 is 5.32 Å². The van der Waals surface area contributed by atoms with Gasteiger partial charge in [-0.1, -0.05) is 60.5 Å². The van der Waals surface area contributed by atoms with Gasteiger partial charge < -0.3 is 10.2 Å². The summed E-state index contributed by atoms with van der Waals surface area (Å²) in [6.07, 6.45) is 4.91. The predicted molar refractivity (Wildman–Crippen MR) is 125 cm³/mol. The average molecular weight is 410 g/mol. The van der Waals surface area contributed by atoms with Gasteiger partial charge in [0.05, 0.1) is 11.4 Å². The number of thioether (sulfide) groups is 1. The highest BCUT2D eigenvalue weighted by Crippen LogP contribution is 2.24. The molecule has 0 aromatic heterocycles. The Morgan fingerprint density at radius 3 is 2.24 bits per heavy atom. The van der Waals surface area contributed by atoms with Gasteiger partial charge in [-0.15, -0.1) is 0 Å². The number of amidine groups is 1. The number of carbonyl (C=O) groups excluding carboxylic acids is 1. The maximum atomic E-state index is 12.7. The number of amides is 1. The first-order chi connectivity index (χ1) is 14.0. The molecule has 1 fully saturated rings. The van der Waals surface area contributed by atoms with E-state index in [0.717, 1.165) is 40.8 Å². The molecule has 0 unspecified atom stereocenters. The molecule has 0 atom stereocenters. The Labute approximate surface area is 178 Å². The Hall–Kier alpha value is -2.27. The van der Waals surface area contributed by atoms with E-state index in [2.05, 4.69) is 29.3 Å². The molecule has 2 aromatic carbocycles. The van der Waals surface area contributed by atoms with E-state index in [-0.39, 0.29) is 5.91 Å². The van der Waals surface area contributed by atoms with Crippen LogP contribution in [0.25, 0.3) is 0 Å². The van der Waals surface area contributed by atoms with Crippen LogP contribution in [-0.4, -0.2) is 34.8 Å². The SMILES string of the molecule is Cc1cc(C)c(NC(=O)CSC(=Nc2ccccc2)N2CCCCCC2)c(C)c1. The lowest BCUT2D eigenvalue weighted by Gasteiger charge is -2.24. The highest BCUT2D eigenvalue weighted by molar-refractivity contribution is 8.14. The van der Waals surface area contributed by atoms with Gasteiger partial charge in [-0.25, -0.2) is 4.99 Å². The monoisotopic (exact) mass is 409 g/mol. The summed E-state index contributed by atoms with van der Waals surface area (Å²) < 4.78 is 0. The number of nitrogens with zero attached hydrogens (tertiary/aromatic N) is 2. The number of rotatable bonds is 4. The van der Waals surface area contributed by atoms with Crippen molar-refractivity contribution in [3.05, 3.63) is 59.2 Å². The molecule has 0 aliphatic carbocycles. The number of anilines is 1. The van der Waals surface area contributed by atoms with Gasteiger partial charge in [0.25, 0.3) is 0 Å². The highest BCUT2D eigenvalue weighted by atomic mass is 32.2. The summed E-state index contributed by atoms with van der Waals surface area (Å²) in [5, 5.41) is 4.06. The third-order valence-corrected chi connectivity index (χ3v) is 6.15. The van der Waals surface area contributed by atoms with Gasteiger partial charge >= 0.3 is 0 Å². The van der Waals surface area contributed by atoms with Gasteiger partial charge in [0.1, 0.15) is 0 Å². The Balaban J connectivity index is 1.71. The van der Waals surface area contributed by atoms with Crippen LogP contribution >= 0.6 is 11.8 Å². The largest absolute Gasteiger partial charge is 0.351 e. The summed E-state index contributed by atoms with van der Waals surface area (Å²) >= 11 is 1.54. The maximum Gasteiger partial charge on any atom is 0.234 e. The zero-order valence-corrected chi connectivity index (χ0v) is 18.5. The average Bonchev–Trinajstić information content (AvgIpc) is 2.98. The van der Waals surface area contributed by atoms with Gasteiger partial charge in [-0.3, -0.25) is 4.79 Å². The van der Waals surface area contributed by atoms with Crippen molar-refractivity contribution >= 4 is 34.2 Å². The number of hydrogen-bond acceptors (Lipinski definition) is 3. The fourth-order valence-electron chi connectivity index (χ4n) is 3.75. The van der Waals surface area contributed by atoms with E-state index in [1.54, 1.807) is 0 Å². The molecule has 5 heteroatoms. The number of hydrogen-bond donors (Lipinski definition) is 1. The fraction of sp³-hybridized carbons (Fsp3) is 0.417. The van der Waals surface area contributed by atoms with Crippen LogP contribution in [0.1, 0.15) is 42.4 Å². The van der Waals surface area contributed by atoms with Gasteiger partial charge in [0.15, 0.2) is 5.17 Å². The molecule has 1 aliphatic rings. The molecule has 2 aromatic rings. The van der Waals surface area contributed by atoms with Gasteiger partial charge in [0.2, 0.25) is 5.91 Å². The van der Waals surface area contributed by atoms with Crippen LogP contribution in [0.4, 0.5) is 11.4 Å². The van der Waals surface area contributed by atoms with Crippen LogP contribution in [0.2, 0.25) is 0 Å². The van der Waals surface area contributed by atoms with Crippen LogP contribution in [0, 0.1) is 20.8 Å². The second-order valence-electron chi connectivity index (χ2n) is 7.74. The van der Waals surface area contributed by atoms with Crippen molar-refractivity contribution < 1.29 is 4.79 Å². The van der Waals surface area contributed by atoms with Gasteiger partial charge in [-0.2, -0.15) is 0 Å². The number of benzene rings is 2. The molecule has 0 saturated carbocycles. The maximum absolute atomic E-state index is 12.7. The number of aliphatic imine (C=N–C) groups is 1. The van der Waals surface area contributed by atoms with Crippen molar-refractivity contribution in [2.45, 2.75) is 46.5 Å². The van der Waals surface area contributed by atoms with E-state index in [9.17, 15) is 4.79 Å². The zero-order valence-electron chi connectivity index (χ0n) is 17.7. The Morgan fingerprint density at radius 1 is 1.00 bits per heavy atom. The van der Waals surface area contributed by atoms with Crippen molar-refractivity contribution in [1.82, 2.24) is 4.90 Å². The first-order valence-corrected chi connectivity index (χ1v) is 11.4. The lowest BCUT2D eigenvalue weighted by Crippen LogP contribution is -2.31. The molecule has 29 heavy (non-hydrogen) atoms. The predicted octanol–water partition coefficient (Wildman–Crippen LogP) is 5.85. The van der Waals surface area contributed by atoms with E-state index in [1.807, 2.05) is 44.2 Å². The molecule has 154 valence electrons. The molecule has 1 amide bonds. The van der Waals surface area contributed by atoms with Crippen LogP contribution in [0.5, 0.6) is 0 Å². The summed E-state index contributed by atoms with van der Waals surface area (Å²) in [6.45, 7) is 8.19. The van der Waals surface area contributed by atoms with Crippen molar-refractivity contribution in [2.24, 2.45) is 4.99 Å². The summed E-state index contributed by atoms with van der Waals surface area (Å²) in [6, 6.07) is 14.2. The van der Waals surface area contributed by atoms with Crippen LogP contribution in [-0.2, 0) is 4.79 Å². The summed E-state index contributed by atoms with van der Waals surface area (Å²) in [5.74, 6) is 0.371. The quantitative estimate of drug-likeness (QED) is 0.509. The van der Waals surface area contributed by atoms with Gasteiger partial charge in [0, 0.05) is 18.8 Å². The van der Waals surface area contributed by atoms with E-state index < -0.39 is 0 Å². The summed E-state index contributed by atoms with van der Waals surface area (Å²) in [4.78, 5) is 19.9. The van der Waals surface area contributed by atoms with E-state index >= 15 is 0 Å². The molecule has 1 N–H and O–H groups in total. The van der Waals surface area contributed by atoms with Gasteiger partial charge in [-0.05, 0) is 56.9 Å². The van der Waals surface area contributed by atoms with Crippen molar-refractivity contribution in [3.63, 3.8) is 0 Å². The number of para-hydroxylation sites is 1. The topological polar surface area (TPSA) is 44.7 Å². The number of aryl methyl sites for hydroxylation is 3. The van der Waals surface area contributed by atoms with E-state index in [1.165, 1.54) is 43.0 Å². The smallest absolute Gasteiger partial charge is 0.234 e. The summed E-state index contributed by atoms with van der Waals surface area (Å²) in [5.41, 5.74) is 5.28. The molecular formula is C24H31N3OS. The number of carbonyl (C=O) groups is 1. The molecule has 3 rings (SSSR count). The molecule has 1 heterocycles. The van der Waals surface area contributed by atoms with E-state index in [4.69, 9.17) is 4.99 Å². The van der Waals surface area contributed by atoms with Crippen molar-refractivity contribution in [2.75, 3.05) is 24.2 Å². The molecule has 1 saturated heterocycles. The molecule has 4 nitrogen and oxygen atoms in total. The van der Waals surface area contributed by atoms with Crippen molar-refractivity contribution in [1.29, 1.82) is 0 Å². The Kier molecular flexibility index (Phi) is 7.76. The fourth-order valence-corrected chi connectivity index (χ4v) is 4.62. The molecule has 0 radical (unpaired) electrons. The van der Waals surface area contributed by atoms with Crippen LogP contribution in [0.3, 0.4) is 0 Å². The van der Waals surface area contributed by atoms with E-state index in [0.29, 0.717) is 5.75 Å². The highest BCUT2D eigenvalue weighted by Gasteiger charge is 2.17. The number of likely N-dealkylation sites (tertiary alicyclic amines) is 1. The Morgan fingerprint density at radius 2 is 1.62 bits per heavy atom. The van der Waals surface area contributed by atoms with Crippen molar-refractivity contribution in [3.8, 4) is 0 Å². The first-order valence-electron chi connectivity index (χ1n) is 10.4. The minimum absolute atomic E-state index is 0.0145. The lowest BCUT2D eigenvalue weighted by atomic mass is 10.1. The molecule has 1 aliphatic heterocycles. The molecule has 0 bridgehead atoms. The molecular weight excluding hydrogens is 378 g/mol. The summed E-state index contributed by atoms with van der Waals surface area (Å²) in [7, 11) is 0. The standard InChI is InChI=1S/C24H31N3OS/c1-18-15-19(2)23(20(3)16-18)26-22(28)17-29-24(25-21-11-7-6-8-12-21)27-13-9-4-5-10-14-27/h6-8,11-12,15-16H,4-5,9-10,13-14,17H2,1-3H3,(H,26,28). The third-order valence-electron chi connectivity index (χ3n) is 5.13. The number of nitrogens with one attached hydrogen (secondary N) is 1. The van der Waals surface area contributed by atoms with Crippen LogP contribution in [0.15, 0.2) is 47.5 Å². The minimum atomic E-state index is 0.0145.